The summed E-state index contributed by atoms with van der Waals surface area (Å²) in [6.07, 6.45) is 7.79. The molecule has 230 valence electrons. The van der Waals surface area contributed by atoms with Crippen LogP contribution in [-0.2, 0) is 0 Å². The molecule has 4 aromatic rings. The van der Waals surface area contributed by atoms with Crippen LogP contribution in [0.15, 0.2) is 60.7 Å². The first-order valence-electron chi connectivity index (χ1n) is 16.3. The summed E-state index contributed by atoms with van der Waals surface area (Å²) >= 11 is 1.90. The molecule has 2 fully saturated rings. The minimum absolute atomic E-state index is 0. The van der Waals surface area contributed by atoms with Crippen molar-refractivity contribution in [1.29, 1.82) is 0 Å². The average molecular weight is 663 g/mol. The van der Waals surface area contributed by atoms with Crippen LogP contribution in [0.1, 0.15) is 102 Å². The molecule has 0 radical (unpaired) electrons. The van der Waals surface area contributed by atoms with Gasteiger partial charge >= 0.3 is 5.82 Å². The number of halogens is 1. The van der Waals surface area contributed by atoms with E-state index in [-0.39, 0.29) is 17.0 Å². The van der Waals surface area contributed by atoms with Crippen molar-refractivity contribution in [1.82, 2.24) is 20.0 Å². The lowest BCUT2D eigenvalue weighted by molar-refractivity contribution is -0.734. The molecular formula is C36H48BrN5S. The van der Waals surface area contributed by atoms with Crippen LogP contribution >= 0.6 is 11.3 Å². The molecule has 6 rings (SSSR count). The fourth-order valence-electron chi connectivity index (χ4n) is 7.81. The Kier molecular flexibility index (Phi) is 10.2. The zero-order valence-electron chi connectivity index (χ0n) is 26.7. The Balaban J connectivity index is 0.00000368. The van der Waals surface area contributed by atoms with Crippen LogP contribution < -0.4 is 21.8 Å². The summed E-state index contributed by atoms with van der Waals surface area (Å²) < 4.78 is 0. The molecule has 0 spiro atoms. The van der Waals surface area contributed by atoms with Crippen LogP contribution in [0, 0.1) is 35.5 Å². The number of thiazole rings is 1. The molecule has 5 nitrogen and oxygen atoms in total. The molecule has 0 amide bonds. The smallest absolute Gasteiger partial charge is 0.340 e. The molecule has 7 heteroatoms. The van der Waals surface area contributed by atoms with E-state index in [1.54, 1.807) is 0 Å². The van der Waals surface area contributed by atoms with Crippen molar-refractivity contribution in [3.63, 3.8) is 0 Å². The first-order chi connectivity index (χ1) is 20.3. The summed E-state index contributed by atoms with van der Waals surface area (Å²) in [4.78, 5) is 11.1. The number of hydrogen-bond donors (Lipinski definition) is 0. The number of nitrogens with zero attached hydrogens (tertiary/aromatic N) is 5. The first kappa shape index (κ1) is 32.0. The van der Waals surface area contributed by atoms with Gasteiger partial charge in [0.05, 0.1) is 16.4 Å². The summed E-state index contributed by atoms with van der Waals surface area (Å²) in [5.41, 5.74) is 3.38. The van der Waals surface area contributed by atoms with Crippen molar-refractivity contribution < 1.29 is 21.8 Å². The molecule has 2 aromatic carbocycles. The monoisotopic (exact) mass is 661 g/mol. The lowest BCUT2D eigenvalue weighted by atomic mass is 9.65. The van der Waals surface area contributed by atoms with Gasteiger partial charge in [-0.1, -0.05) is 102 Å². The third-order valence-corrected chi connectivity index (χ3v) is 11.3. The highest BCUT2D eigenvalue weighted by atomic mass is 79.9. The lowest BCUT2D eigenvalue weighted by Crippen LogP contribution is -3.00. The molecule has 2 aliphatic carbocycles. The SMILES string of the molecule is CC1CCC(C(C)C)C(c2nc(-n3nc(-c4ccccc4)n[n+]3-c3ccccc3)sc2C2CC(C)CCC2C(C)C)C1.[Br-]. The van der Waals surface area contributed by atoms with Gasteiger partial charge in [0, 0.05) is 15.6 Å². The van der Waals surface area contributed by atoms with E-state index >= 15 is 0 Å². The Morgan fingerprint density at radius 2 is 1.33 bits per heavy atom. The fraction of sp³-hybridized carbons (Fsp3) is 0.556. The van der Waals surface area contributed by atoms with E-state index in [0.29, 0.717) is 35.5 Å². The third kappa shape index (κ3) is 6.68. The first-order valence-corrected chi connectivity index (χ1v) is 17.1. The Bertz CT molecular complexity index is 1410. The van der Waals surface area contributed by atoms with Crippen LogP contribution in [0.5, 0.6) is 0 Å². The molecule has 2 saturated carbocycles. The molecule has 0 aliphatic heterocycles. The second-order valence-corrected chi connectivity index (χ2v) is 14.9. The van der Waals surface area contributed by atoms with Gasteiger partial charge in [-0.25, -0.2) is 4.98 Å². The standard InChI is InChI=1S/C36H48N5S.BrH/c1-23(2)29-19-17-25(5)21-31(29)33-34(32-22-26(6)18-20-30(32)24(3)4)42-36(37-33)41-39-35(27-13-9-7-10-14-27)38-40(41)28-15-11-8-12-16-28;/h7-16,23-26,29-32H,17-22H2,1-6H3;1H/q+1;/p-1. The minimum atomic E-state index is 0. The van der Waals surface area contributed by atoms with E-state index in [1.165, 1.54) is 49.1 Å². The van der Waals surface area contributed by atoms with Crippen molar-refractivity contribution >= 4 is 11.3 Å². The minimum Gasteiger partial charge on any atom is -1.00 e. The normalized spacial score (nSPS) is 26.0. The number of aromatic nitrogens is 5. The second kappa shape index (κ2) is 13.7. The number of benzene rings is 2. The van der Waals surface area contributed by atoms with Crippen molar-refractivity contribution in [3.8, 4) is 22.2 Å². The largest absolute Gasteiger partial charge is 1.00 e. The molecule has 0 saturated heterocycles. The Labute approximate surface area is 272 Å². The van der Waals surface area contributed by atoms with Gasteiger partial charge in [-0.3, -0.25) is 0 Å². The van der Waals surface area contributed by atoms with Crippen LogP contribution in [0.3, 0.4) is 0 Å². The number of para-hydroxylation sites is 1. The van der Waals surface area contributed by atoms with Gasteiger partial charge in [0.25, 0.3) is 5.13 Å². The summed E-state index contributed by atoms with van der Waals surface area (Å²) in [6.45, 7) is 14.6. The Morgan fingerprint density at radius 1 is 0.767 bits per heavy atom. The van der Waals surface area contributed by atoms with Gasteiger partial charge < -0.3 is 17.0 Å². The van der Waals surface area contributed by atoms with Gasteiger partial charge in [-0.15, -0.1) is 0 Å². The highest BCUT2D eigenvalue weighted by Crippen LogP contribution is 2.52. The molecule has 43 heavy (non-hydrogen) atoms. The van der Waals surface area contributed by atoms with Crippen molar-refractivity contribution in [2.75, 3.05) is 0 Å². The van der Waals surface area contributed by atoms with Gasteiger partial charge in [-0.05, 0) is 101 Å². The Morgan fingerprint density at radius 3 is 1.93 bits per heavy atom. The maximum Gasteiger partial charge on any atom is 0.340 e. The highest BCUT2D eigenvalue weighted by Gasteiger charge is 2.41. The second-order valence-electron chi connectivity index (χ2n) is 13.9. The summed E-state index contributed by atoms with van der Waals surface area (Å²) in [5.74, 6) is 5.95. The summed E-state index contributed by atoms with van der Waals surface area (Å²) in [7, 11) is 0. The van der Waals surface area contributed by atoms with Crippen molar-refractivity contribution in [2.45, 2.75) is 91.9 Å². The van der Waals surface area contributed by atoms with Crippen molar-refractivity contribution in [3.05, 3.63) is 71.2 Å². The molecule has 0 N–H and O–H groups in total. The summed E-state index contributed by atoms with van der Waals surface area (Å²) in [5, 5.41) is 11.1. The number of hydrogen-bond acceptors (Lipinski definition) is 4. The zero-order chi connectivity index (χ0) is 29.4. The maximum atomic E-state index is 5.62. The van der Waals surface area contributed by atoms with E-state index in [0.717, 1.165) is 34.0 Å². The maximum absolute atomic E-state index is 5.62. The van der Waals surface area contributed by atoms with Crippen LogP contribution in [0.25, 0.3) is 22.2 Å². The van der Waals surface area contributed by atoms with Crippen LogP contribution in [0.4, 0.5) is 0 Å². The van der Waals surface area contributed by atoms with Gasteiger partial charge in [0.15, 0.2) is 5.69 Å². The van der Waals surface area contributed by atoms with E-state index < -0.39 is 0 Å². The predicted octanol–water partition coefficient (Wildman–Crippen LogP) is 6.02. The van der Waals surface area contributed by atoms with Crippen molar-refractivity contribution in [2.24, 2.45) is 35.5 Å². The molecule has 6 unspecified atom stereocenters. The van der Waals surface area contributed by atoms with Gasteiger partial charge in [0.1, 0.15) is 0 Å². The molecular weight excluding hydrogens is 614 g/mol. The molecule has 2 aromatic heterocycles. The van der Waals surface area contributed by atoms with Gasteiger partial charge in [-0.2, -0.15) is 0 Å². The topological polar surface area (TPSA) is 47.5 Å². The average Bonchev–Trinajstić information content (AvgIpc) is 3.63. The zero-order valence-corrected chi connectivity index (χ0v) is 29.1. The van der Waals surface area contributed by atoms with E-state index in [1.807, 2.05) is 27.0 Å². The molecule has 2 heterocycles. The highest BCUT2D eigenvalue weighted by molar-refractivity contribution is 7.14. The van der Waals surface area contributed by atoms with Gasteiger partial charge in [0.2, 0.25) is 0 Å². The Hall–Kier alpha value is -2.38. The molecule has 2 aliphatic rings. The molecule has 6 atom stereocenters. The molecule has 0 bridgehead atoms. The quantitative estimate of drug-likeness (QED) is 0.228. The summed E-state index contributed by atoms with van der Waals surface area (Å²) in [6, 6.07) is 20.7. The van der Waals surface area contributed by atoms with E-state index in [4.69, 9.17) is 15.2 Å². The van der Waals surface area contributed by atoms with E-state index in [2.05, 4.69) is 96.1 Å². The van der Waals surface area contributed by atoms with Crippen LogP contribution in [-0.4, -0.2) is 20.0 Å². The van der Waals surface area contributed by atoms with E-state index in [9.17, 15) is 0 Å². The number of tetrazole rings is 1. The number of rotatable bonds is 7. The predicted molar refractivity (Wildman–Crippen MR) is 172 cm³/mol. The lowest BCUT2D eigenvalue weighted by Gasteiger charge is -2.40. The third-order valence-electron chi connectivity index (χ3n) is 10.2. The van der Waals surface area contributed by atoms with Crippen LogP contribution in [0.2, 0.25) is 0 Å². The fourth-order valence-corrected chi connectivity index (χ4v) is 9.07.